The highest BCUT2D eigenvalue weighted by molar-refractivity contribution is 7.12. The van der Waals surface area contributed by atoms with E-state index in [1.807, 2.05) is 5.38 Å². The van der Waals surface area contributed by atoms with Gasteiger partial charge in [0.15, 0.2) is 0 Å². The third-order valence-electron chi connectivity index (χ3n) is 1.90. The van der Waals surface area contributed by atoms with Gasteiger partial charge in [-0.2, -0.15) is 0 Å². The molecule has 0 saturated heterocycles. The summed E-state index contributed by atoms with van der Waals surface area (Å²) in [6.45, 7) is 1.67. The molecule has 4 nitrogen and oxygen atoms in total. The highest BCUT2D eigenvalue weighted by Gasteiger charge is 2.18. The molecule has 0 bridgehead atoms. The number of likely N-dealkylation sites (N-methyl/N-ethyl adjacent to an activating group) is 1. The number of hydrogen-bond acceptors (Lipinski definition) is 3. The normalized spacial score (nSPS) is 11.9. The average molecular weight is 226 g/mol. The molecule has 0 spiro atoms. The summed E-state index contributed by atoms with van der Waals surface area (Å²) in [6.07, 6.45) is 0. The maximum absolute atomic E-state index is 11.6. The van der Waals surface area contributed by atoms with Crippen molar-refractivity contribution in [3.05, 3.63) is 22.4 Å². The lowest BCUT2D eigenvalue weighted by Gasteiger charge is -2.17. The Labute approximate surface area is 92.9 Å². The van der Waals surface area contributed by atoms with Crippen molar-refractivity contribution in [3.63, 3.8) is 0 Å². The number of carbonyl (C=O) groups excluding carboxylic acids is 2. The first-order chi connectivity index (χ1) is 7.02. The van der Waals surface area contributed by atoms with Gasteiger partial charge in [0.2, 0.25) is 5.91 Å². The van der Waals surface area contributed by atoms with Crippen molar-refractivity contribution in [2.75, 3.05) is 14.1 Å². The van der Waals surface area contributed by atoms with E-state index < -0.39 is 6.04 Å². The summed E-state index contributed by atoms with van der Waals surface area (Å²) < 4.78 is 0. The van der Waals surface area contributed by atoms with E-state index in [1.165, 1.54) is 16.2 Å². The van der Waals surface area contributed by atoms with Crippen LogP contribution in [-0.4, -0.2) is 36.9 Å². The van der Waals surface area contributed by atoms with Gasteiger partial charge < -0.3 is 10.2 Å². The minimum Gasteiger partial charge on any atom is -0.347 e. The van der Waals surface area contributed by atoms with E-state index in [9.17, 15) is 9.59 Å². The molecule has 82 valence electrons. The van der Waals surface area contributed by atoms with Gasteiger partial charge in [-0.3, -0.25) is 9.59 Å². The van der Waals surface area contributed by atoms with Crippen LogP contribution in [0.5, 0.6) is 0 Å². The molecule has 0 aliphatic carbocycles. The number of nitrogens with one attached hydrogen (secondary N) is 1. The predicted octanol–water partition coefficient (Wildman–Crippen LogP) is 0.955. The van der Waals surface area contributed by atoms with Gasteiger partial charge in [0.1, 0.15) is 6.04 Å². The van der Waals surface area contributed by atoms with E-state index in [4.69, 9.17) is 0 Å². The Bertz CT molecular complexity index is 346. The summed E-state index contributed by atoms with van der Waals surface area (Å²) in [5, 5.41) is 4.47. The predicted molar refractivity (Wildman–Crippen MR) is 59.9 cm³/mol. The van der Waals surface area contributed by atoms with Crippen LogP contribution in [-0.2, 0) is 4.79 Å². The fraction of sp³-hybridized carbons (Fsp3) is 0.400. The smallest absolute Gasteiger partial charge is 0.261 e. The second kappa shape index (κ2) is 4.93. The molecule has 1 aromatic heterocycles. The SMILES string of the molecule is CC(NC(=O)c1cccs1)C(=O)N(C)C. The Morgan fingerprint density at radius 1 is 1.47 bits per heavy atom. The molecule has 0 radical (unpaired) electrons. The largest absolute Gasteiger partial charge is 0.347 e. The Morgan fingerprint density at radius 3 is 2.60 bits per heavy atom. The van der Waals surface area contributed by atoms with Gasteiger partial charge in [-0.15, -0.1) is 11.3 Å². The second-order valence-electron chi connectivity index (χ2n) is 3.41. The first-order valence-corrected chi connectivity index (χ1v) is 5.46. The Morgan fingerprint density at radius 2 is 2.13 bits per heavy atom. The van der Waals surface area contributed by atoms with Crippen molar-refractivity contribution in [1.29, 1.82) is 0 Å². The lowest BCUT2D eigenvalue weighted by Crippen LogP contribution is -2.44. The lowest BCUT2D eigenvalue weighted by atomic mass is 10.3. The topological polar surface area (TPSA) is 49.4 Å². The molecule has 2 amide bonds. The van der Waals surface area contributed by atoms with Gasteiger partial charge in [-0.05, 0) is 18.4 Å². The van der Waals surface area contributed by atoms with Crippen LogP contribution >= 0.6 is 11.3 Å². The van der Waals surface area contributed by atoms with Crippen LogP contribution in [0.3, 0.4) is 0 Å². The molecule has 0 fully saturated rings. The maximum atomic E-state index is 11.6. The summed E-state index contributed by atoms with van der Waals surface area (Å²) in [5.41, 5.74) is 0. The zero-order chi connectivity index (χ0) is 11.4. The van der Waals surface area contributed by atoms with Crippen LogP contribution in [0.25, 0.3) is 0 Å². The molecule has 1 N–H and O–H groups in total. The van der Waals surface area contributed by atoms with Crippen LogP contribution in [0.2, 0.25) is 0 Å². The van der Waals surface area contributed by atoms with E-state index in [0.717, 1.165) is 0 Å². The average Bonchev–Trinajstić information content (AvgIpc) is 2.68. The van der Waals surface area contributed by atoms with Crippen LogP contribution in [0, 0.1) is 0 Å². The number of rotatable bonds is 3. The van der Waals surface area contributed by atoms with Crippen LogP contribution in [0.15, 0.2) is 17.5 Å². The minimum absolute atomic E-state index is 0.111. The third-order valence-corrected chi connectivity index (χ3v) is 2.77. The summed E-state index contributed by atoms with van der Waals surface area (Å²) in [7, 11) is 3.33. The molecular weight excluding hydrogens is 212 g/mol. The second-order valence-corrected chi connectivity index (χ2v) is 4.35. The number of carbonyl (C=O) groups is 2. The molecule has 0 saturated carbocycles. The summed E-state index contributed by atoms with van der Waals surface area (Å²) >= 11 is 1.36. The quantitative estimate of drug-likeness (QED) is 0.834. The monoisotopic (exact) mass is 226 g/mol. The standard InChI is InChI=1S/C10H14N2O2S/c1-7(10(14)12(2)3)11-9(13)8-5-4-6-15-8/h4-7H,1-3H3,(H,11,13). The fourth-order valence-corrected chi connectivity index (χ4v) is 1.75. The van der Waals surface area contributed by atoms with E-state index in [2.05, 4.69) is 5.32 Å². The highest BCUT2D eigenvalue weighted by atomic mass is 32.1. The maximum Gasteiger partial charge on any atom is 0.261 e. The van der Waals surface area contributed by atoms with Crippen LogP contribution < -0.4 is 5.32 Å². The van der Waals surface area contributed by atoms with Gasteiger partial charge >= 0.3 is 0 Å². The van der Waals surface area contributed by atoms with E-state index >= 15 is 0 Å². The fourth-order valence-electron chi connectivity index (χ4n) is 1.12. The zero-order valence-electron chi connectivity index (χ0n) is 8.98. The van der Waals surface area contributed by atoms with Crippen molar-refractivity contribution >= 4 is 23.2 Å². The zero-order valence-corrected chi connectivity index (χ0v) is 9.80. The molecule has 0 aliphatic rings. The van der Waals surface area contributed by atoms with Gasteiger partial charge in [-0.1, -0.05) is 6.07 Å². The highest BCUT2D eigenvalue weighted by Crippen LogP contribution is 2.08. The summed E-state index contributed by atoms with van der Waals surface area (Å²) in [5.74, 6) is -0.312. The number of nitrogens with zero attached hydrogens (tertiary/aromatic N) is 1. The molecule has 1 atom stereocenters. The molecule has 1 aromatic rings. The van der Waals surface area contributed by atoms with E-state index in [-0.39, 0.29) is 11.8 Å². The van der Waals surface area contributed by atoms with Crippen LogP contribution in [0.4, 0.5) is 0 Å². The molecule has 0 aromatic carbocycles. The van der Waals surface area contributed by atoms with Crippen molar-refractivity contribution < 1.29 is 9.59 Å². The molecule has 1 heterocycles. The number of hydrogen-bond donors (Lipinski definition) is 1. The van der Waals surface area contributed by atoms with Gasteiger partial charge in [-0.25, -0.2) is 0 Å². The van der Waals surface area contributed by atoms with Crippen molar-refractivity contribution in [2.45, 2.75) is 13.0 Å². The van der Waals surface area contributed by atoms with Crippen molar-refractivity contribution in [3.8, 4) is 0 Å². The summed E-state index contributed by atoms with van der Waals surface area (Å²) in [6, 6.07) is 3.04. The third kappa shape index (κ3) is 3.06. The van der Waals surface area contributed by atoms with Gasteiger partial charge in [0.25, 0.3) is 5.91 Å². The molecule has 15 heavy (non-hydrogen) atoms. The Kier molecular flexibility index (Phi) is 3.85. The molecular formula is C10H14N2O2S. The lowest BCUT2D eigenvalue weighted by molar-refractivity contribution is -0.130. The molecule has 1 rings (SSSR count). The Balaban J connectivity index is 2.56. The first-order valence-electron chi connectivity index (χ1n) is 4.58. The summed E-state index contributed by atoms with van der Waals surface area (Å²) in [4.78, 5) is 25.1. The van der Waals surface area contributed by atoms with E-state index in [0.29, 0.717) is 4.88 Å². The van der Waals surface area contributed by atoms with Crippen LogP contribution in [0.1, 0.15) is 16.6 Å². The Hall–Kier alpha value is -1.36. The first kappa shape index (κ1) is 11.7. The molecule has 0 aliphatic heterocycles. The minimum atomic E-state index is -0.491. The number of thiophene rings is 1. The van der Waals surface area contributed by atoms with Crippen molar-refractivity contribution in [2.24, 2.45) is 0 Å². The van der Waals surface area contributed by atoms with Gasteiger partial charge in [0, 0.05) is 14.1 Å². The van der Waals surface area contributed by atoms with Gasteiger partial charge in [0.05, 0.1) is 4.88 Å². The molecule has 1 unspecified atom stereocenters. The molecule has 5 heteroatoms. The van der Waals surface area contributed by atoms with Crippen molar-refractivity contribution in [1.82, 2.24) is 10.2 Å². The van der Waals surface area contributed by atoms with E-state index in [1.54, 1.807) is 33.2 Å². The number of amides is 2.